The zero-order valence-electron chi connectivity index (χ0n) is 17.6. The van der Waals surface area contributed by atoms with Gasteiger partial charge in [-0.1, -0.05) is 29.8 Å². The molecule has 1 saturated heterocycles. The quantitative estimate of drug-likeness (QED) is 0.680. The second-order valence-electron chi connectivity index (χ2n) is 7.26. The number of nitrogens with one attached hydrogen (secondary N) is 1. The lowest BCUT2D eigenvalue weighted by Crippen LogP contribution is -2.40. The summed E-state index contributed by atoms with van der Waals surface area (Å²) in [7, 11) is 1.61. The molecule has 7 heteroatoms. The molecule has 158 valence electrons. The minimum atomic E-state index is -0.816. The minimum absolute atomic E-state index is 0.0522. The Hall–Kier alpha value is -3.35. The molecule has 0 radical (unpaired) electrons. The molecule has 0 aliphatic carbocycles. The summed E-state index contributed by atoms with van der Waals surface area (Å²) in [6, 6.07) is 13.6. The first-order valence-corrected chi connectivity index (χ1v) is 10.1. The fraction of sp³-hybridized carbons (Fsp3) is 0.348. The Bertz CT molecular complexity index is 909. The highest BCUT2D eigenvalue weighted by Gasteiger charge is 2.46. The first kappa shape index (κ1) is 21.4. The third-order valence-corrected chi connectivity index (χ3v) is 5.16. The van der Waals surface area contributed by atoms with Crippen molar-refractivity contribution in [2.75, 3.05) is 25.1 Å². The predicted molar refractivity (Wildman–Crippen MR) is 115 cm³/mol. The third kappa shape index (κ3) is 4.62. The second-order valence-corrected chi connectivity index (χ2v) is 7.26. The second kappa shape index (κ2) is 9.43. The molecule has 0 aromatic heterocycles. The normalized spacial score (nSPS) is 16.2. The van der Waals surface area contributed by atoms with Gasteiger partial charge in [-0.2, -0.15) is 0 Å². The topological polar surface area (TPSA) is 79.0 Å². The van der Waals surface area contributed by atoms with E-state index in [9.17, 15) is 14.4 Å². The lowest BCUT2D eigenvalue weighted by Gasteiger charge is -2.21. The van der Waals surface area contributed by atoms with E-state index in [1.807, 2.05) is 50.2 Å². The maximum atomic E-state index is 13.2. The highest BCUT2D eigenvalue weighted by molar-refractivity contribution is 6.22. The number of aryl methyl sites for hydroxylation is 1. The van der Waals surface area contributed by atoms with Crippen molar-refractivity contribution >= 4 is 23.5 Å². The average molecular weight is 409 g/mol. The van der Waals surface area contributed by atoms with E-state index in [4.69, 9.17) is 4.74 Å². The van der Waals surface area contributed by atoms with Gasteiger partial charge < -0.3 is 15.0 Å². The highest BCUT2D eigenvalue weighted by Crippen LogP contribution is 2.27. The number of amides is 4. The number of nitrogens with zero attached hydrogens (tertiary/aromatic N) is 2. The van der Waals surface area contributed by atoms with E-state index in [1.54, 1.807) is 19.2 Å². The van der Waals surface area contributed by atoms with Crippen molar-refractivity contribution in [3.05, 3.63) is 59.7 Å². The van der Waals surface area contributed by atoms with Crippen molar-refractivity contribution in [1.82, 2.24) is 10.2 Å². The SMILES string of the molecule is CCNC(=O)CC1C(=O)N(c2ccc(C)cc2)C(=O)N1CCc1ccc(OC)cc1. The van der Waals surface area contributed by atoms with Gasteiger partial charge in [0.05, 0.1) is 19.2 Å². The first-order chi connectivity index (χ1) is 14.4. The summed E-state index contributed by atoms with van der Waals surface area (Å²) in [5, 5.41) is 2.72. The molecule has 0 spiro atoms. The van der Waals surface area contributed by atoms with Gasteiger partial charge in [0.15, 0.2) is 0 Å². The van der Waals surface area contributed by atoms with Crippen LogP contribution in [0.25, 0.3) is 0 Å². The van der Waals surface area contributed by atoms with E-state index in [0.717, 1.165) is 16.9 Å². The molecule has 1 heterocycles. The smallest absolute Gasteiger partial charge is 0.332 e. The van der Waals surface area contributed by atoms with Crippen molar-refractivity contribution in [1.29, 1.82) is 0 Å². The monoisotopic (exact) mass is 409 g/mol. The number of imide groups is 1. The Balaban J connectivity index is 1.82. The molecule has 1 aliphatic rings. The molecule has 1 N–H and O–H groups in total. The number of urea groups is 1. The number of methoxy groups -OCH3 is 1. The number of benzene rings is 2. The largest absolute Gasteiger partial charge is 0.497 e. The molecule has 2 aromatic carbocycles. The number of ether oxygens (including phenoxy) is 1. The van der Waals surface area contributed by atoms with E-state index in [1.165, 1.54) is 9.80 Å². The van der Waals surface area contributed by atoms with Gasteiger partial charge >= 0.3 is 6.03 Å². The van der Waals surface area contributed by atoms with E-state index >= 15 is 0 Å². The molecule has 3 rings (SSSR count). The zero-order valence-corrected chi connectivity index (χ0v) is 17.6. The summed E-state index contributed by atoms with van der Waals surface area (Å²) in [5.74, 6) is 0.138. The van der Waals surface area contributed by atoms with Gasteiger partial charge in [0.2, 0.25) is 5.91 Å². The third-order valence-electron chi connectivity index (χ3n) is 5.16. The standard InChI is InChI=1S/C23H27N3O4/c1-4-24-21(27)15-20-22(28)26(18-9-5-16(2)6-10-18)23(29)25(20)14-13-17-7-11-19(30-3)12-8-17/h5-12,20H,4,13-15H2,1-3H3,(H,24,27). The minimum Gasteiger partial charge on any atom is -0.497 e. The van der Waals surface area contributed by atoms with Crippen molar-refractivity contribution in [2.24, 2.45) is 0 Å². The Kier molecular flexibility index (Phi) is 6.72. The average Bonchev–Trinajstić information content (AvgIpc) is 2.97. The molecule has 7 nitrogen and oxygen atoms in total. The van der Waals surface area contributed by atoms with Crippen LogP contribution in [0.4, 0.5) is 10.5 Å². The Morgan fingerprint density at radius 1 is 1.07 bits per heavy atom. The maximum Gasteiger partial charge on any atom is 0.332 e. The molecule has 0 bridgehead atoms. The number of carbonyl (C=O) groups is 3. The Morgan fingerprint density at radius 2 is 1.73 bits per heavy atom. The Morgan fingerprint density at radius 3 is 2.33 bits per heavy atom. The van der Waals surface area contributed by atoms with Crippen LogP contribution in [-0.2, 0) is 16.0 Å². The summed E-state index contributed by atoms with van der Waals surface area (Å²) in [4.78, 5) is 41.1. The zero-order chi connectivity index (χ0) is 21.7. The summed E-state index contributed by atoms with van der Waals surface area (Å²) in [6.45, 7) is 4.57. The molecule has 1 aliphatic heterocycles. The van der Waals surface area contributed by atoms with Crippen LogP contribution >= 0.6 is 0 Å². The van der Waals surface area contributed by atoms with Crippen LogP contribution in [0.3, 0.4) is 0 Å². The van der Waals surface area contributed by atoms with Crippen molar-refractivity contribution in [3.8, 4) is 5.75 Å². The van der Waals surface area contributed by atoms with Crippen molar-refractivity contribution in [3.63, 3.8) is 0 Å². The van der Waals surface area contributed by atoms with E-state index in [-0.39, 0.29) is 18.2 Å². The van der Waals surface area contributed by atoms with Crippen LogP contribution in [0.2, 0.25) is 0 Å². The summed E-state index contributed by atoms with van der Waals surface area (Å²) < 4.78 is 5.17. The van der Waals surface area contributed by atoms with Gasteiger partial charge in [-0.25, -0.2) is 9.69 Å². The predicted octanol–water partition coefficient (Wildman–Crippen LogP) is 2.91. The van der Waals surface area contributed by atoms with Gasteiger partial charge in [0, 0.05) is 13.1 Å². The highest BCUT2D eigenvalue weighted by atomic mass is 16.5. The molecule has 1 unspecified atom stereocenters. The number of hydrogen-bond acceptors (Lipinski definition) is 4. The number of anilines is 1. The van der Waals surface area contributed by atoms with E-state index < -0.39 is 12.1 Å². The molecular formula is C23H27N3O4. The van der Waals surface area contributed by atoms with Gasteiger partial charge in [0.25, 0.3) is 5.91 Å². The fourth-order valence-corrected chi connectivity index (χ4v) is 3.51. The van der Waals surface area contributed by atoms with Crippen molar-refractivity contribution < 1.29 is 19.1 Å². The van der Waals surface area contributed by atoms with Gasteiger partial charge in [-0.15, -0.1) is 0 Å². The molecule has 4 amide bonds. The molecule has 0 saturated carbocycles. The van der Waals surface area contributed by atoms with Gasteiger partial charge in [-0.05, 0) is 50.1 Å². The maximum absolute atomic E-state index is 13.2. The van der Waals surface area contributed by atoms with Crippen molar-refractivity contribution in [2.45, 2.75) is 32.7 Å². The molecule has 2 aromatic rings. The number of hydrogen-bond donors (Lipinski definition) is 1. The molecule has 1 atom stereocenters. The molecular weight excluding hydrogens is 382 g/mol. The van der Waals surface area contributed by atoms with Crippen LogP contribution in [0.15, 0.2) is 48.5 Å². The summed E-state index contributed by atoms with van der Waals surface area (Å²) >= 11 is 0. The first-order valence-electron chi connectivity index (χ1n) is 10.1. The van der Waals surface area contributed by atoms with Crippen LogP contribution in [0.5, 0.6) is 5.75 Å². The van der Waals surface area contributed by atoms with Gasteiger partial charge in [-0.3, -0.25) is 9.59 Å². The Labute approximate surface area is 176 Å². The lowest BCUT2D eigenvalue weighted by atomic mass is 10.1. The fourth-order valence-electron chi connectivity index (χ4n) is 3.51. The van der Waals surface area contributed by atoms with Crippen LogP contribution < -0.4 is 15.0 Å². The van der Waals surface area contributed by atoms with Crippen LogP contribution in [0, 0.1) is 6.92 Å². The molecule has 1 fully saturated rings. The van der Waals surface area contributed by atoms with Crippen LogP contribution in [-0.4, -0.2) is 49.0 Å². The summed E-state index contributed by atoms with van der Waals surface area (Å²) in [5.41, 5.74) is 2.57. The molecule has 30 heavy (non-hydrogen) atoms. The number of carbonyl (C=O) groups excluding carboxylic acids is 3. The van der Waals surface area contributed by atoms with Gasteiger partial charge in [0.1, 0.15) is 11.8 Å². The lowest BCUT2D eigenvalue weighted by molar-refractivity contribution is -0.127. The van der Waals surface area contributed by atoms with Crippen LogP contribution in [0.1, 0.15) is 24.5 Å². The van der Waals surface area contributed by atoms with E-state index in [0.29, 0.717) is 25.2 Å². The number of rotatable bonds is 8. The summed E-state index contributed by atoms with van der Waals surface area (Å²) in [6.07, 6.45) is 0.514. The van der Waals surface area contributed by atoms with E-state index in [2.05, 4.69) is 5.32 Å².